The van der Waals surface area contributed by atoms with Crippen LogP contribution in [0.3, 0.4) is 0 Å². The van der Waals surface area contributed by atoms with Gasteiger partial charge in [-0.25, -0.2) is 0 Å². The number of likely N-dealkylation sites (tertiary alicyclic amines) is 1. The minimum absolute atomic E-state index is 0.0481. The topological polar surface area (TPSA) is 262 Å². The molecule has 4 aromatic rings. The van der Waals surface area contributed by atoms with Gasteiger partial charge in [0.15, 0.2) is 0 Å². The van der Waals surface area contributed by atoms with E-state index in [1.807, 2.05) is 68.4 Å². The molecule has 19 heteroatoms. The second kappa shape index (κ2) is 23.9. The van der Waals surface area contributed by atoms with E-state index in [0.29, 0.717) is 44.2 Å². The van der Waals surface area contributed by atoms with Gasteiger partial charge in [0.25, 0.3) is 0 Å². The summed E-state index contributed by atoms with van der Waals surface area (Å²) in [4.78, 5) is 98.6. The maximum absolute atomic E-state index is 14.1. The van der Waals surface area contributed by atoms with Crippen LogP contribution in [0, 0.1) is 0 Å². The van der Waals surface area contributed by atoms with Crippen molar-refractivity contribution in [1.82, 2.24) is 36.5 Å². The molecule has 1 aliphatic rings. The molecule has 7 N–H and O–H groups in total. The summed E-state index contributed by atoms with van der Waals surface area (Å²) in [7, 11) is -4.80. The highest BCUT2D eigenvalue weighted by Crippen LogP contribution is 2.22. The quantitative estimate of drug-likeness (QED) is 0.0376. The van der Waals surface area contributed by atoms with Gasteiger partial charge in [0.2, 0.25) is 41.4 Å². The fraction of sp³-hybridized carbons (Fsp3) is 0.413. The molecule has 2 heterocycles. The van der Waals surface area contributed by atoms with E-state index in [9.17, 15) is 42.0 Å². The minimum atomic E-state index is -4.80. The fourth-order valence-electron chi connectivity index (χ4n) is 7.53. The first-order valence-electron chi connectivity index (χ1n) is 21.8. The van der Waals surface area contributed by atoms with Gasteiger partial charge in [-0.3, -0.25) is 43.0 Å². The molecule has 1 fully saturated rings. The molecule has 1 aromatic heterocycles. The van der Waals surface area contributed by atoms with Crippen molar-refractivity contribution in [2.75, 3.05) is 13.1 Å². The highest BCUT2D eigenvalue weighted by atomic mass is 32.3. The van der Waals surface area contributed by atoms with Crippen LogP contribution in [-0.4, -0.2) is 101 Å². The Labute approximate surface area is 378 Å². The van der Waals surface area contributed by atoms with Crippen molar-refractivity contribution in [3.05, 3.63) is 102 Å². The standard InChI is InChI=1S/C46H57N7O11S/c1-3-5-15-36(43(57)47-25-24-30-12-8-7-9-13-30)51-45(59)38(27-32-28-48-35-17-11-10-14-34(32)35)50-40(54)29-49-44(58)37(16-6-4-2)52-46(60)39(53-41(55)22-23-42(53)56)26-31-18-20-33(21-19-31)64-65(61,62)63/h7-14,17-21,28,36-39,48H,3-6,15-16,22-27,29H2,1-2H3,(H,47,57)(H,49,58)(H,50,54)(H,51,59)(H,52,60)(H,61,62,63)/t36-,37-,38+,39-/m0/s1. The molecule has 0 unspecified atom stereocenters. The number of amides is 7. The highest BCUT2D eigenvalue weighted by Gasteiger charge is 2.40. The Morgan fingerprint density at radius 2 is 1.31 bits per heavy atom. The highest BCUT2D eigenvalue weighted by molar-refractivity contribution is 7.81. The molecule has 7 amide bonds. The third-order valence-electron chi connectivity index (χ3n) is 10.9. The van der Waals surface area contributed by atoms with E-state index in [4.69, 9.17) is 4.55 Å². The third kappa shape index (κ3) is 15.0. The number of aromatic amines is 1. The van der Waals surface area contributed by atoms with Gasteiger partial charge < -0.3 is 35.8 Å². The largest absolute Gasteiger partial charge is 0.446 e. The summed E-state index contributed by atoms with van der Waals surface area (Å²) in [5.41, 5.74) is 3.00. The van der Waals surface area contributed by atoms with Crippen molar-refractivity contribution in [2.45, 2.75) is 109 Å². The van der Waals surface area contributed by atoms with Crippen molar-refractivity contribution < 1.29 is 50.7 Å². The van der Waals surface area contributed by atoms with E-state index in [-0.39, 0.29) is 43.8 Å². The Kier molecular flexibility index (Phi) is 18.2. The summed E-state index contributed by atoms with van der Waals surface area (Å²) < 4.78 is 35.7. The van der Waals surface area contributed by atoms with Crippen LogP contribution in [0.2, 0.25) is 0 Å². The molecule has 5 rings (SSSR count). The minimum Gasteiger partial charge on any atom is -0.362 e. The van der Waals surface area contributed by atoms with Gasteiger partial charge in [-0.1, -0.05) is 100 Å². The van der Waals surface area contributed by atoms with Crippen molar-refractivity contribution in [1.29, 1.82) is 0 Å². The Morgan fingerprint density at radius 1 is 0.708 bits per heavy atom. The molecule has 18 nitrogen and oxygen atoms in total. The lowest BCUT2D eigenvalue weighted by atomic mass is 10.0. The number of unbranched alkanes of at least 4 members (excludes halogenated alkanes) is 2. The predicted octanol–water partition coefficient (Wildman–Crippen LogP) is 2.96. The van der Waals surface area contributed by atoms with Crippen LogP contribution in [-0.2, 0) is 63.2 Å². The van der Waals surface area contributed by atoms with Crippen molar-refractivity contribution in [3.8, 4) is 5.75 Å². The second-order valence-corrected chi connectivity index (χ2v) is 16.9. The number of hydrogen-bond acceptors (Lipinski definition) is 10. The predicted molar refractivity (Wildman–Crippen MR) is 240 cm³/mol. The average Bonchev–Trinajstić information content (AvgIpc) is 3.85. The Morgan fingerprint density at radius 3 is 1.94 bits per heavy atom. The molecule has 65 heavy (non-hydrogen) atoms. The Bertz CT molecular complexity index is 2390. The Balaban J connectivity index is 1.28. The number of imide groups is 1. The van der Waals surface area contributed by atoms with Crippen molar-refractivity contribution >= 4 is 62.7 Å². The van der Waals surface area contributed by atoms with E-state index >= 15 is 0 Å². The van der Waals surface area contributed by atoms with E-state index in [1.54, 1.807) is 6.20 Å². The zero-order valence-corrected chi connectivity index (χ0v) is 37.3. The van der Waals surface area contributed by atoms with Crippen LogP contribution in [0.1, 0.15) is 81.9 Å². The molecular formula is C46H57N7O11S. The maximum atomic E-state index is 14.1. The monoisotopic (exact) mass is 915 g/mol. The van der Waals surface area contributed by atoms with E-state index in [2.05, 4.69) is 35.8 Å². The van der Waals surface area contributed by atoms with Gasteiger partial charge in [-0.05, 0) is 54.2 Å². The molecular weight excluding hydrogens is 859 g/mol. The lowest BCUT2D eigenvalue weighted by Gasteiger charge is -2.28. The third-order valence-corrected chi connectivity index (χ3v) is 11.3. The lowest BCUT2D eigenvalue weighted by molar-refractivity contribution is -0.147. The molecule has 0 radical (unpaired) electrons. The number of benzene rings is 3. The maximum Gasteiger partial charge on any atom is 0.446 e. The zero-order valence-electron chi connectivity index (χ0n) is 36.5. The molecule has 0 saturated carbocycles. The van der Waals surface area contributed by atoms with Gasteiger partial charge in [-0.2, -0.15) is 8.42 Å². The van der Waals surface area contributed by atoms with E-state index in [0.717, 1.165) is 33.4 Å². The molecule has 3 aromatic carbocycles. The van der Waals surface area contributed by atoms with Gasteiger partial charge in [0.1, 0.15) is 29.9 Å². The van der Waals surface area contributed by atoms with Crippen LogP contribution in [0.15, 0.2) is 85.1 Å². The van der Waals surface area contributed by atoms with Crippen LogP contribution in [0.25, 0.3) is 10.9 Å². The molecule has 4 atom stereocenters. The number of nitrogens with one attached hydrogen (secondary N) is 6. The Hall–Kier alpha value is -6.60. The first-order chi connectivity index (χ1) is 31.1. The summed E-state index contributed by atoms with van der Waals surface area (Å²) in [6, 6.07) is 17.7. The number of nitrogens with zero attached hydrogens (tertiary/aromatic N) is 1. The van der Waals surface area contributed by atoms with Gasteiger partial charge in [0.05, 0.1) is 6.54 Å². The molecule has 348 valence electrons. The number of H-pyrrole nitrogens is 1. The number of rotatable bonds is 25. The zero-order chi connectivity index (χ0) is 46.9. The SMILES string of the molecule is CCCC[C@H](NC(=O)[C@@H](Cc1c[nH]c2ccccc12)NC(=O)CNC(=O)[C@H](CCCC)NC(=O)[C@H](Cc1ccc(OS(=O)(=O)O)cc1)N1C(=O)CCC1=O)C(=O)NCCc1ccccc1. The van der Waals surface area contributed by atoms with Crippen LogP contribution >= 0.6 is 0 Å². The molecule has 0 bridgehead atoms. The molecule has 1 aliphatic heterocycles. The number of hydrogen-bond donors (Lipinski definition) is 7. The molecule has 0 aliphatic carbocycles. The van der Waals surface area contributed by atoms with Crippen molar-refractivity contribution in [2.24, 2.45) is 0 Å². The lowest BCUT2D eigenvalue weighted by Crippen LogP contribution is -2.57. The van der Waals surface area contributed by atoms with E-state index in [1.165, 1.54) is 24.3 Å². The van der Waals surface area contributed by atoms with Gasteiger partial charge in [-0.15, -0.1) is 0 Å². The summed E-state index contributed by atoms with van der Waals surface area (Å²) >= 11 is 0. The molecule has 1 saturated heterocycles. The first kappa shape index (κ1) is 49.4. The van der Waals surface area contributed by atoms with E-state index < -0.39 is 76.6 Å². The summed E-state index contributed by atoms with van der Waals surface area (Å²) in [5.74, 6) is -4.59. The number of carbonyl (C=O) groups is 7. The second-order valence-electron chi connectivity index (χ2n) is 15.9. The number of fused-ring (bicyclic) bond motifs is 1. The van der Waals surface area contributed by atoms with Gasteiger partial charge in [0, 0.05) is 49.3 Å². The van der Waals surface area contributed by atoms with Gasteiger partial charge >= 0.3 is 10.4 Å². The summed E-state index contributed by atoms with van der Waals surface area (Å²) in [5, 5.41) is 14.6. The van der Waals surface area contributed by atoms with Crippen LogP contribution in [0.4, 0.5) is 0 Å². The smallest absolute Gasteiger partial charge is 0.362 e. The summed E-state index contributed by atoms with van der Waals surface area (Å²) in [6.07, 6.45) is 5.04. The summed E-state index contributed by atoms with van der Waals surface area (Å²) in [6.45, 7) is 3.63. The number of para-hydroxylation sites is 1. The van der Waals surface area contributed by atoms with Crippen molar-refractivity contribution in [3.63, 3.8) is 0 Å². The van der Waals surface area contributed by atoms with Crippen LogP contribution in [0.5, 0.6) is 5.75 Å². The fourth-order valence-corrected chi connectivity index (χ4v) is 7.88. The normalized spacial score (nSPS) is 14.5. The number of carbonyl (C=O) groups excluding carboxylic acids is 7. The average molecular weight is 916 g/mol. The first-order valence-corrected chi connectivity index (χ1v) is 23.2. The van der Waals surface area contributed by atoms with Crippen LogP contribution < -0.4 is 30.8 Å². The molecule has 0 spiro atoms. The number of aromatic nitrogens is 1.